The molecule has 0 fully saturated rings. The van der Waals surface area contributed by atoms with Gasteiger partial charge in [0.1, 0.15) is 11.4 Å². The average molecular weight is 265 g/mol. The Bertz CT molecular complexity index is 455. The molecule has 0 amide bonds. The number of benzene rings is 1. The van der Waals surface area contributed by atoms with E-state index in [1.807, 2.05) is 12.1 Å². The highest BCUT2D eigenvalue weighted by Gasteiger charge is 2.31. The fraction of sp³-hybridized carbons (Fsp3) is 0.600. The highest BCUT2D eigenvalue weighted by atomic mass is 16.5. The molecule has 106 valence electrons. The van der Waals surface area contributed by atoms with Gasteiger partial charge < -0.3 is 20.3 Å². The van der Waals surface area contributed by atoms with Crippen LogP contribution in [0.1, 0.15) is 31.9 Å². The average Bonchev–Trinajstić information content (AvgIpc) is 2.64. The van der Waals surface area contributed by atoms with E-state index in [1.54, 1.807) is 6.92 Å². The van der Waals surface area contributed by atoms with Crippen LogP contribution < -0.4 is 10.1 Å². The molecule has 1 unspecified atom stereocenters. The molecule has 1 aromatic rings. The number of aliphatic hydroxyl groups excluding tert-OH is 1. The standard InChI is InChI=1S/C15H23NO3/c1-14(2)7-11-5-4-6-12(13(11)19-14)8-16-9-15(3,18)10-17/h4-6,16-18H,7-10H2,1-3H3. The molecule has 2 rings (SSSR count). The Morgan fingerprint density at radius 1 is 1.42 bits per heavy atom. The molecule has 0 aliphatic carbocycles. The number of hydrogen-bond donors (Lipinski definition) is 3. The predicted molar refractivity (Wildman–Crippen MR) is 74.3 cm³/mol. The van der Waals surface area contributed by atoms with Crippen molar-refractivity contribution in [3.05, 3.63) is 29.3 Å². The second-order valence-electron chi connectivity index (χ2n) is 6.20. The number of para-hydroxylation sites is 1. The Kier molecular flexibility index (Phi) is 3.85. The maximum Gasteiger partial charge on any atom is 0.127 e. The zero-order valence-electron chi connectivity index (χ0n) is 11.9. The molecule has 4 heteroatoms. The molecule has 0 radical (unpaired) electrons. The van der Waals surface area contributed by atoms with Crippen LogP contribution in [0.3, 0.4) is 0 Å². The molecule has 3 N–H and O–H groups in total. The smallest absolute Gasteiger partial charge is 0.127 e. The molecule has 4 nitrogen and oxygen atoms in total. The summed E-state index contributed by atoms with van der Waals surface area (Å²) in [5.74, 6) is 0.962. The quantitative estimate of drug-likeness (QED) is 0.749. The van der Waals surface area contributed by atoms with Crippen LogP contribution in [0.2, 0.25) is 0 Å². The van der Waals surface area contributed by atoms with Crippen LogP contribution in [0.25, 0.3) is 0 Å². The van der Waals surface area contributed by atoms with Gasteiger partial charge in [0.2, 0.25) is 0 Å². The molecule has 1 atom stereocenters. The minimum atomic E-state index is -1.09. The van der Waals surface area contributed by atoms with Crippen LogP contribution in [0.4, 0.5) is 0 Å². The van der Waals surface area contributed by atoms with E-state index >= 15 is 0 Å². The summed E-state index contributed by atoms with van der Waals surface area (Å²) in [6.45, 7) is 6.49. The van der Waals surface area contributed by atoms with Gasteiger partial charge in [0, 0.05) is 25.1 Å². The topological polar surface area (TPSA) is 61.7 Å². The van der Waals surface area contributed by atoms with E-state index in [1.165, 1.54) is 5.56 Å². The first-order valence-corrected chi connectivity index (χ1v) is 6.67. The Hall–Kier alpha value is -1.10. The van der Waals surface area contributed by atoms with E-state index in [-0.39, 0.29) is 12.2 Å². The van der Waals surface area contributed by atoms with Gasteiger partial charge in [-0.3, -0.25) is 0 Å². The van der Waals surface area contributed by atoms with Crippen molar-refractivity contribution >= 4 is 0 Å². The number of ether oxygens (including phenoxy) is 1. The number of nitrogens with one attached hydrogen (secondary N) is 1. The van der Waals surface area contributed by atoms with Crippen molar-refractivity contribution in [1.29, 1.82) is 0 Å². The fourth-order valence-electron chi connectivity index (χ4n) is 2.34. The zero-order valence-corrected chi connectivity index (χ0v) is 11.9. The molecule has 1 aromatic carbocycles. The van der Waals surface area contributed by atoms with E-state index in [9.17, 15) is 5.11 Å². The highest BCUT2D eigenvalue weighted by Crippen LogP contribution is 2.37. The van der Waals surface area contributed by atoms with Crippen molar-refractivity contribution in [1.82, 2.24) is 5.32 Å². The molecular formula is C15H23NO3. The monoisotopic (exact) mass is 265 g/mol. The lowest BCUT2D eigenvalue weighted by Crippen LogP contribution is -2.40. The first-order chi connectivity index (χ1) is 8.83. The van der Waals surface area contributed by atoms with Crippen molar-refractivity contribution in [2.75, 3.05) is 13.2 Å². The summed E-state index contributed by atoms with van der Waals surface area (Å²) < 4.78 is 5.98. The summed E-state index contributed by atoms with van der Waals surface area (Å²) in [5, 5.41) is 21.9. The van der Waals surface area contributed by atoms with Gasteiger partial charge >= 0.3 is 0 Å². The van der Waals surface area contributed by atoms with Gasteiger partial charge in [-0.2, -0.15) is 0 Å². The third kappa shape index (κ3) is 3.47. The van der Waals surface area contributed by atoms with Crippen LogP contribution in [0.5, 0.6) is 5.75 Å². The Balaban J connectivity index is 2.02. The van der Waals surface area contributed by atoms with Gasteiger partial charge in [-0.25, -0.2) is 0 Å². The summed E-state index contributed by atoms with van der Waals surface area (Å²) in [7, 11) is 0. The summed E-state index contributed by atoms with van der Waals surface area (Å²) in [5.41, 5.74) is 1.10. The molecule has 0 saturated carbocycles. The molecule has 0 saturated heterocycles. The summed E-state index contributed by atoms with van der Waals surface area (Å²) in [6.07, 6.45) is 0.921. The van der Waals surface area contributed by atoms with Gasteiger partial charge in [0.05, 0.1) is 12.2 Å². The molecule has 19 heavy (non-hydrogen) atoms. The lowest BCUT2D eigenvalue weighted by molar-refractivity contribution is 0.00247. The number of fused-ring (bicyclic) bond motifs is 1. The van der Waals surface area contributed by atoms with Gasteiger partial charge in [-0.05, 0) is 26.3 Å². The molecule has 1 aliphatic heterocycles. The van der Waals surface area contributed by atoms with E-state index in [0.29, 0.717) is 13.1 Å². The maximum absolute atomic E-state index is 9.73. The van der Waals surface area contributed by atoms with Crippen molar-refractivity contribution < 1.29 is 14.9 Å². The molecule has 1 heterocycles. The molecular weight excluding hydrogens is 242 g/mol. The van der Waals surface area contributed by atoms with E-state index < -0.39 is 5.60 Å². The Morgan fingerprint density at radius 2 is 2.16 bits per heavy atom. The van der Waals surface area contributed by atoms with Gasteiger partial charge in [-0.15, -0.1) is 0 Å². The first-order valence-electron chi connectivity index (χ1n) is 6.67. The third-order valence-corrected chi connectivity index (χ3v) is 3.33. The van der Waals surface area contributed by atoms with Crippen LogP contribution in [0, 0.1) is 0 Å². The largest absolute Gasteiger partial charge is 0.487 e. The van der Waals surface area contributed by atoms with Crippen LogP contribution >= 0.6 is 0 Å². The third-order valence-electron chi connectivity index (χ3n) is 3.33. The molecule has 1 aliphatic rings. The Labute approximate surface area is 114 Å². The number of rotatable bonds is 5. The predicted octanol–water partition coefficient (Wildman–Crippen LogP) is 1.23. The van der Waals surface area contributed by atoms with Crippen molar-refractivity contribution in [3.8, 4) is 5.75 Å². The van der Waals surface area contributed by atoms with Gasteiger partial charge in [-0.1, -0.05) is 18.2 Å². The van der Waals surface area contributed by atoms with Crippen LogP contribution in [-0.2, 0) is 13.0 Å². The number of aliphatic hydroxyl groups is 2. The van der Waals surface area contributed by atoms with Crippen molar-refractivity contribution in [3.63, 3.8) is 0 Å². The highest BCUT2D eigenvalue weighted by molar-refractivity contribution is 5.45. The lowest BCUT2D eigenvalue weighted by atomic mass is 10.0. The lowest BCUT2D eigenvalue weighted by Gasteiger charge is -2.21. The maximum atomic E-state index is 9.73. The second kappa shape index (κ2) is 5.12. The normalized spacial score (nSPS) is 19.6. The van der Waals surface area contributed by atoms with E-state index in [2.05, 4.69) is 25.2 Å². The van der Waals surface area contributed by atoms with Crippen molar-refractivity contribution in [2.24, 2.45) is 0 Å². The Morgan fingerprint density at radius 3 is 2.84 bits per heavy atom. The zero-order chi connectivity index (χ0) is 14.1. The van der Waals surface area contributed by atoms with E-state index in [4.69, 9.17) is 9.84 Å². The summed E-state index contributed by atoms with van der Waals surface area (Å²) in [4.78, 5) is 0. The van der Waals surface area contributed by atoms with Gasteiger partial charge in [0.25, 0.3) is 0 Å². The van der Waals surface area contributed by atoms with E-state index in [0.717, 1.165) is 17.7 Å². The van der Waals surface area contributed by atoms with Crippen molar-refractivity contribution in [2.45, 2.75) is 44.9 Å². The molecule has 0 bridgehead atoms. The second-order valence-corrected chi connectivity index (χ2v) is 6.20. The minimum absolute atomic E-state index is 0.144. The summed E-state index contributed by atoms with van der Waals surface area (Å²) in [6, 6.07) is 6.16. The number of hydrogen-bond acceptors (Lipinski definition) is 4. The van der Waals surface area contributed by atoms with Gasteiger partial charge in [0.15, 0.2) is 0 Å². The first kappa shape index (κ1) is 14.3. The van der Waals surface area contributed by atoms with Crippen LogP contribution in [0.15, 0.2) is 18.2 Å². The fourth-order valence-corrected chi connectivity index (χ4v) is 2.34. The molecule has 0 spiro atoms. The summed E-state index contributed by atoms with van der Waals surface area (Å²) >= 11 is 0. The SMILES string of the molecule is CC(O)(CO)CNCc1cccc2c1OC(C)(C)C2. The van der Waals surface area contributed by atoms with Crippen LogP contribution in [-0.4, -0.2) is 34.6 Å². The minimum Gasteiger partial charge on any atom is -0.487 e. The molecule has 0 aromatic heterocycles.